The van der Waals surface area contributed by atoms with Crippen molar-refractivity contribution in [3.63, 3.8) is 0 Å². The number of allylic oxidation sites excluding steroid dienone is 2. The second kappa shape index (κ2) is 12.8. The smallest absolute Gasteiger partial charge is 0.332 e. The fraction of sp³-hybridized carbons (Fsp3) is 0.364. The van der Waals surface area contributed by atoms with E-state index in [1.54, 1.807) is 7.05 Å². The van der Waals surface area contributed by atoms with Gasteiger partial charge in [0.05, 0.1) is 23.3 Å². The van der Waals surface area contributed by atoms with Crippen molar-refractivity contribution in [1.82, 2.24) is 23.3 Å². The number of H-pyrrole nitrogens is 1. The van der Waals surface area contributed by atoms with Gasteiger partial charge in [-0.05, 0) is 24.6 Å². The number of aromatic amines is 1. The van der Waals surface area contributed by atoms with Crippen molar-refractivity contribution in [1.29, 1.82) is 0 Å². The van der Waals surface area contributed by atoms with Gasteiger partial charge in [-0.3, -0.25) is 37.6 Å². The maximum Gasteiger partial charge on any atom is 0.332 e. The standard InChI is InChI=1S/C33H38N6O6/c1-6-7-17-38-31(42)26(28(35-32(38)43)34-18-20(2)19-45-21(3)40)22-13-15-24-25(16-14-22)39(23-11-9-8-10-12-23)29-27(24)30(41)37(5)33(44)36(29)4/h8-16,20,22,34H,6-7,17-19H2,1-5H3,(H,35,43)/t20-,22+/m1/s1. The number of unbranched alkanes of at least 4 members (excludes halogenated alkanes) is 1. The van der Waals surface area contributed by atoms with E-state index in [0.717, 1.165) is 16.7 Å². The number of rotatable bonds is 10. The van der Waals surface area contributed by atoms with E-state index in [4.69, 9.17) is 4.74 Å². The van der Waals surface area contributed by atoms with Gasteiger partial charge in [0.25, 0.3) is 11.1 Å². The molecule has 45 heavy (non-hydrogen) atoms. The summed E-state index contributed by atoms with van der Waals surface area (Å²) in [6.07, 6.45) is 8.81. The van der Waals surface area contributed by atoms with Crippen LogP contribution in [0.1, 0.15) is 56.4 Å². The maximum atomic E-state index is 13.9. The second-order valence-corrected chi connectivity index (χ2v) is 11.4. The quantitative estimate of drug-likeness (QED) is 0.262. The lowest BCUT2D eigenvalue weighted by Crippen LogP contribution is -2.39. The summed E-state index contributed by atoms with van der Waals surface area (Å²) in [6.45, 7) is 6.01. The molecule has 0 unspecified atom stereocenters. The molecule has 0 aliphatic heterocycles. The number of nitrogens with zero attached hydrogens (tertiary/aromatic N) is 4. The molecule has 3 aromatic heterocycles. The van der Waals surface area contributed by atoms with Gasteiger partial charge in [0, 0.05) is 57.2 Å². The average Bonchev–Trinajstić information content (AvgIpc) is 3.21. The highest BCUT2D eigenvalue weighted by atomic mass is 16.5. The fourth-order valence-corrected chi connectivity index (χ4v) is 5.67. The minimum atomic E-state index is -0.573. The van der Waals surface area contributed by atoms with Gasteiger partial charge in [-0.2, -0.15) is 0 Å². The molecular weight excluding hydrogens is 576 g/mol. The average molecular weight is 615 g/mol. The number of carbonyl (C=O) groups excluding carboxylic acids is 1. The molecule has 0 radical (unpaired) electrons. The number of aromatic nitrogens is 5. The van der Waals surface area contributed by atoms with Crippen molar-refractivity contribution in [2.45, 2.75) is 46.1 Å². The molecule has 0 spiro atoms. The Kier molecular flexibility index (Phi) is 8.94. The van der Waals surface area contributed by atoms with E-state index in [0.29, 0.717) is 40.8 Å². The van der Waals surface area contributed by atoms with Crippen LogP contribution in [-0.2, 0) is 30.2 Å². The molecule has 4 aromatic rings. The zero-order valence-corrected chi connectivity index (χ0v) is 26.1. The Morgan fingerprint density at radius 3 is 2.42 bits per heavy atom. The highest BCUT2D eigenvalue weighted by Crippen LogP contribution is 2.34. The number of hydrogen-bond donors (Lipinski definition) is 2. The Morgan fingerprint density at radius 1 is 1.02 bits per heavy atom. The third kappa shape index (κ3) is 5.87. The third-order valence-electron chi connectivity index (χ3n) is 8.07. The van der Waals surface area contributed by atoms with Crippen LogP contribution in [0.4, 0.5) is 5.82 Å². The van der Waals surface area contributed by atoms with Crippen LogP contribution in [-0.4, -0.2) is 42.4 Å². The van der Waals surface area contributed by atoms with Crippen molar-refractivity contribution < 1.29 is 9.53 Å². The molecule has 5 rings (SSSR count). The number of benzene rings is 1. The summed E-state index contributed by atoms with van der Waals surface area (Å²) in [5.41, 5.74) is 1.07. The van der Waals surface area contributed by atoms with Crippen molar-refractivity contribution in [2.24, 2.45) is 20.0 Å². The second-order valence-electron chi connectivity index (χ2n) is 11.4. The summed E-state index contributed by atoms with van der Waals surface area (Å²) < 4.78 is 10.8. The molecule has 3 heterocycles. The number of anilines is 1. The first-order chi connectivity index (χ1) is 21.5. The highest BCUT2D eigenvalue weighted by Gasteiger charge is 2.26. The SMILES string of the molecule is CCCCn1c(=O)[nH]c(NC[C@@H](C)COC(C)=O)c([C@H]2C=Cc3c(n(-c4ccccc4)c4c3c(=O)n(C)c(=O)n4C)C=C2)c1=O. The number of carbonyl (C=O) groups is 1. The van der Waals surface area contributed by atoms with Crippen LogP contribution in [0.15, 0.2) is 61.7 Å². The molecule has 0 fully saturated rings. The van der Waals surface area contributed by atoms with Gasteiger partial charge in [0.1, 0.15) is 11.5 Å². The Hall–Kier alpha value is -5.13. The molecule has 1 aliphatic carbocycles. The van der Waals surface area contributed by atoms with Gasteiger partial charge in [-0.25, -0.2) is 9.59 Å². The van der Waals surface area contributed by atoms with Crippen molar-refractivity contribution >= 4 is 35.0 Å². The molecule has 0 saturated heterocycles. The Labute approximate surface area is 258 Å². The molecular formula is C33H38N6O6. The van der Waals surface area contributed by atoms with E-state index >= 15 is 0 Å². The Bertz CT molecular complexity index is 2060. The van der Waals surface area contributed by atoms with Gasteiger partial charge >= 0.3 is 17.3 Å². The van der Waals surface area contributed by atoms with E-state index in [2.05, 4.69) is 10.3 Å². The monoisotopic (exact) mass is 614 g/mol. The zero-order valence-electron chi connectivity index (χ0n) is 26.1. The van der Waals surface area contributed by atoms with Crippen molar-refractivity contribution in [3.8, 4) is 5.69 Å². The Balaban J connectivity index is 1.68. The van der Waals surface area contributed by atoms with Gasteiger partial charge < -0.3 is 10.1 Å². The minimum absolute atomic E-state index is 0.0998. The number of hydrogen-bond acceptors (Lipinski definition) is 7. The summed E-state index contributed by atoms with van der Waals surface area (Å²) in [5.74, 6) is -0.772. The number of nitrogens with one attached hydrogen (secondary N) is 2. The van der Waals surface area contributed by atoms with Crippen LogP contribution >= 0.6 is 0 Å². The molecule has 0 saturated carbocycles. The lowest BCUT2D eigenvalue weighted by Gasteiger charge is -2.19. The fourth-order valence-electron chi connectivity index (χ4n) is 5.67. The molecule has 2 N–H and O–H groups in total. The van der Waals surface area contributed by atoms with E-state index < -0.39 is 28.4 Å². The number of aryl methyl sites for hydroxylation is 1. The molecule has 12 nitrogen and oxygen atoms in total. The number of para-hydroxylation sites is 1. The summed E-state index contributed by atoms with van der Waals surface area (Å²) in [7, 11) is 3.09. The van der Waals surface area contributed by atoms with Gasteiger partial charge in [0.15, 0.2) is 0 Å². The summed E-state index contributed by atoms with van der Waals surface area (Å²) >= 11 is 0. The first-order valence-corrected chi connectivity index (χ1v) is 15.1. The molecule has 2 atom stereocenters. The highest BCUT2D eigenvalue weighted by molar-refractivity contribution is 5.94. The topological polar surface area (TPSA) is 142 Å². The van der Waals surface area contributed by atoms with Crippen LogP contribution in [0, 0.1) is 5.92 Å². The molecule has 12 heteroatoms. The van der Waals surface area contributed by atoms with Crippen LogP contribution in [0.5, 0.6) is 0 Å². The van der Waals surface area contributed by atoms with E-state index in [1.165, 1.54) is 23.1 Å². The lowest BCUT2D eigenvalue weighted by atomic mass is 9.99. The zero-order chi connectivity index (χ0) is 32.4. The first-order valence-electron chi connectivity index (χ1n) is 15.1. The number of fused-ring (bicyclic) bond motifs is 3. The lowest BCUT2D eigenvalue weighted by molar-refractivity contribution is -0.142. The molecule has 1 aromatic carbocycles. The Morgan fingerprint density at radius 2 is 1.73 bits per heavy atom. The van der Waals surface area contributed by atoms with Crippen molar-refractivity contribution in [3.05, 3.63) is 101 Å². The van der Waals surface area contributed by atoms with Crippen LogP contribution in [0.2, 0.25) is 0 Å². The van der Waals surface area contributed by atoms with E-state index in [1.807, 2.05) is 73.1 Å². The van der Waals surface area contributed by atoms with Crippen LogP contribution < -0.4 is 27.8 Å². The van der Waals surface area contributed by atoms with E-state index in [9.17, 15) is 24.0 Å². The first kappa shape index (κ1) is 31.3. The maximum absolute atomic E-state index is 13.9. The van der Waals surface area contributed by atoms with E-state index in [-0.39, 0.29) is 30.9 Å². The van der Waals surface area contributed by atoms with Crippen LogP contribution in [0.3, 0.4) is 0 Å². The minimum Gasteiger partial charge on any atom is -0.466 e. The van der Waals surface area contributed by atoms with Gasteiger partial charge in [-0.1, -0.05) is 56.7 Å². The summed E-state index contributed by atoms with van der Waals surface area (Å²) in [6, 6.07) is 9.44. The van der Waals surface area contributed by atoms with Crippen LogP contribution in [0.25, 0.3) is 28.9 Å². The van der Waals surface area contributed by atoms with Crippen molar-refractivity contribution in [2.75, 3.05) is 18.5 Å². The molecule has 236 valence electrons. The number of esters is 1. The largest absolute Gasteiger partial charge is 0.466 e. The predicted molar refractivity (Wildman–Crippen MR) is 175 cm³/mol. The molecule has 1 aliphatic rings. The summed E-state index contributed by atoms with van der Waals surface area (Å²) in [5, 5.41) is 3.58. The van der Waals surface area contributed by atoms with Gasteiger partial charge in [0.2, 0.25) is 0 Å². The van der Waals surface area contributed by atoms with Gasteiger partial charge in [-0.15, -0.1) is 0 Å². The normalized spacial score (nSPS) is 14.7. The summed E-state index contributed by atoms with van der Waals surface area (Å²) in [4.78, 5) is 67.7. The third-order valence-corrected chi connectivity index (χ3v) is 8.07. The molecule has 0 bridgehead atoms. The number of ether oxygens (including phenoxy) is 1. The molecule has 0 amide bonds. The predicted octanol–water partition coefficient (Wildman–Crippen LogP) is 3.11.